The Morgan fingerprint density at radius 3 is 3.16 bits per heavy atom. The monoisotopic (exact) mass is 281 g/mol. The molecule has 1 N–H and O–H groups in total. The quantitative estimate of drug-likeness (QED) is 0.661. The molecule has 1 unspecified atom stereocenters. The molecule has 0 aliphatic carbocycles. The average molecular weight is 281 g/mol. The molecule has 5 heteroatoms. The number of hydrogen-bond acceptors (Lipinski definition) is 3. The van der Waals surface area contributed by atoms with Gasteiger partial charge in [-0.15, -0.1) is 11.3 Å². The summed E-state index contributed by atoms with van der Waals surface area (Å²) in [6.07, 6.45) is 2.22. The van der Waals surface area contributed by atoms with Crippen LogP contribution in [0.3, 0.4) is 0 Å². The van der Waals surface area contributed by atoms with Crippen molar-refractivity contribution in [2.45, 2.75) is 12.8 Å². The zero-order valence-corrected chi connectivity index (χ0v) is 12.6. The van der Waals surface area contributed by atoms with E-state index in [1.165, 1.54) is 4.88 Å². The van der Waals surface area contributed by atoms with Crippen molar-refractivity contribution in [2.75, 3.05) is 40.4 Å². The summed E-state index contributed by atoms with van der Waals surface area (Å²) in [5, 5.41) is 5.54. The second-order valence-electron chi connectivity index (χ2n) is 4.91. The minimum absolute atomic E-state index is 0.640. The Hall–Kier alpha value is -1.07. The van der Waals surface area contributed by atoms with Gasteiger partial charge in [0.2, 0.25) is 0 Å². The Balaban J connectivity index is 1.72. The largest absolute Gasteiger partial charge is 0.381 e. The summed E-state index contributed by atoms with van der Waals surface area (Å²) in [5.41, 5.74) is 0. The maximum Gasteiger partial charge on any atom is 0.193 e. The van der Waals surface area contributed by atoms with Crippen LogP contribution in [0.15, 0.2) is 22.5 Å². The standard InChI is InChI=1S/C14H23N3OS/c1-15-14(16-7-5-13-4-3-9-19-13)17(2)10-12-6-8-18-11-12/h3-4,9,12H,5-8,10-11H2,1-2H3,(H,15,16). The number of thiophene rings is 1. The maximum absolute atomic E-state index is 5.42. The van der Waals surface area contributed by atoms with Crippen LogP contribution in [-0.4, -0.2) is 51.3 Å². The molecule has 1 atom stereocenters. The van der Waals surface area contributed by atoms with Gasteiger partial charge in [0.1, 0.15) is 0 Å². The topological polar surface area (TPSA) is 36.9 Å². The van der Waals surface area contributed by atoms with Gasteiger partial charge in [-0.2, -0.15) is 0 Å². The first kappa shape index (κ1) is 14.3. The lowest BCUT2D eigenvalue weighted by atomic mass is 10.1. The summed E-state index contributed by atoms with van der Waals surface area (Å²) in [7, 11) is 3.94. The number of aliphatic imine (C=N–C) groups is 1. The Morgan fingerprint density at radius 1 is 1.63 bits per heavy atom. The van der Waals surface area contributed by atoms with Crippen molar-refractivity contribution in [3.63, 3.8) is 0 Å². The molecule has 1 saturated heterocycles. The van der Waals surface area contributed by atoms with E-state index in [1.54, 1.807) is 11.3 Å². The summed E-state index contributed by atoms with van der Waals surface area (Å²) < 4.78 is 5.42. The highest BCUT2D eigenvalue weighted by atomic mass is 32.1. The molecule has 1 aromatic heterocycles. The fraction of sp³-hybridized carbons (Fsp3) is 0.643. The minimum Gasteiger partial charge on any atom is -0.381 e. The van der Waals surface area contributed by atoms with E-state index in [2.05, 4.69) is 39.8 Å². The molecule has 1 aromatic rings. The van der Waals surface area contributed by atoms with Gasteiger partial charge in [-0.1, -0.05) is 6.07 Å². The van der Waals surface area contributed by atoms with E-state index in [1.807, 2.05) is 7.05 Å². The molecule has 0 radical (unpaired) electrons. The molecule has 4 nitrogen and oxygen atoms in total. The van der Waals surface area contributed by atoms with Crippen molar-refractivity contribution in [3.8, 4) is 0 Å². The van der Waals surface area contributed by atoms with Gasteiger partial charge in [-0.05, 0) is 24.3 Å². The van der Waals surface area contributed by atoms with E-state index in [4.69, 9.17) is 4.74 Å². The molecular formula is C14H23N3OS. The molecular weight excluding hydrogens is 258 g/mol. The molecule has 1 aliphatic heterocycles. The summed E-state index contributed by atoms with van der Waals surface area (Å²) in [6.45, 7) is 3.73. The van der Waals surface area contributed by atoms with E-state index >= 15 is 0 Å². The zero-order chi connectivity index (χ0) is 13.5. The molecule has 0 spiro atoms. The fourth-order valence-corrected chi connectivity index (χ4v) is 3.05. The van der Waals surface area contributed by atoms with Crippen molar-refractivity contribution in [1.29, 1.82) is 0 Å². The summed E-state index contributed by atoms with van der Waals surface area (Å²) in [5.74, 6) is 1.62. The van der Waals surface area contributed by atoms with E-state index in [-0.39, 0.29) is 0 Å². The van der Waals surface area contributed by atoms with E-state index < -0.39 is 0 Å². The van der Waals surface area contributed by atoms with Gasteiger partial charge in [0.05, 0.1) is 6.61 Å². The van der Waals surface area contributed by atoms with Crippen LogP contribution in [0.2, 0.25) is 0 Å². The molecule has 0 saturated carbocycles. The molecule has 0 aromatic carbocycles. The van der Waals surface area contributed by atoms with Crippen LogP contribution in [0.1, 0.15) is 11.3 Å². The normalized spacial score (nSPS) is 19.7. The SMILES string of the molecule is CN=C(NCCc1cccs1)N(C)CC1CCOC1. The Bertz CT molecular complexity index is 385. The van der Waals surface area contributed by atoms with E-state index in [9.17, 15) is 0 Å². The van der Waals surface area contributed by atoms with Crippen LogP contribution >= 0.6 is 11.3 Å². The van der Waals surface area contributed by atoms with Crippen LogP contribution in [0, 0.1) is 5.92 Å². The number of nitrogens with zero attached hydrogens (tertiary/aromatic N) is 2. The first-order valence-electron chi connectivity index (χ1n) is 6.81. The van der Waals surface area contributed by atoms with Gasteiger partial charge in [-0.25, -0.2) is 0 Å². The lowest BCUT2D eigenvalue weighted by molar-refractivity contribution is 0.181. The second kappa shape index (κ2) is 7.50. The molecule has 1 aliphatic rings. The smallest absolute Gasteiger partial charge is 0.193 e. The zero-order valence-electron chi connectivity index (χ0n) is 11.8. The summed E-state index contributed by atoms with van der Waals surface area (Å²) in [4.78, 5) is 7.96. The molecule has 0 bridgehead atoms. The van der Waals surface area contributed by atoms with Crippen LogP contribution < -0.4 is 5.32 Å². The van der Waals surface area contributed by atoms with Crippen molar-refractivity contribution < 1.29 is 4.74 Å². The van der Waals surface area contributed by atoms with Crippen LogP contribution in [0.4, 0.5) is 0 Å². The third-order valence-electron chi connectivity index (χ3n) is 3.36. The molecule has 2 heterocycles. The minimum atomic E-state index is 0.640. The van der Waals surface area contributed by atoms with Gasteiger partial charge < -0.3 is 15.0 Å². The number of rotatable bonds is 5. The Morgan fingerprint density at radius 2 is 2.53 bits per heavy atom. The molecule has 1 fully saturated rings. The average Bonchev–Trinajstić information content (AvgIpc) is 3.07. The van der Waals surface area contributed by atoms with Gasteiger partial charge in [-0.3, -0.25) is 4.99 Å². The third kappa shape index (κ3) is 4.51. The third-order valence-corrected chi connectivity index (χ3v) is 4.30. The van der Waals surface area contributed by atoms with Crippen molar-refractivity contribution in [3.05, 3.63) is 22.4 Å². The first-order valence-corrected chi connectivity index (χ1v) is 7.69. The number of nitrogens with one attached hydrogen (secondary N) is 1. The first-order chi connectivity index (χ1) is 9.29. The predicted octanol–water partition coefficient (Wildman–Crippen LogP) is 1.83. The number of hydrogen-bond donors (Lipinski definition) is 1. The van der Waals surface area contributed by atoms with Crippen molar-refractivity contribution >= 4 is 17.3 Å². The van der Waals surface area contributed by atoms with Crippen LogP contribution in [0.5, 0.6) is 0 Å². The summed E-state index contributed by atoms with van der Waals surface area (Å²) >= 11 is 1.81. The highest BCUT2D eigenvalue weighted by Crippen LogP contribution is 2.13. The van der Waals surface area contributed by atoms with Crippen molar-refractivity contribution in [2.24, 2.45) is 10.9 Å². The fourth-order valence-electron chi connectivity index (χ4n) is 2.34. The molecule has 106 valence electrons. The predicted molar refractivity (Wildman–Crippen MR) is 80.9 cm³/mol. The highest BCUT2D eigenvalue weighted by Gasteiger charge is 2.18. The number of ether oxygens (including phenoxy) is 1. The second-order valence-corrected chi connectivity index (χ2v) is 5.95. The highest BCUT2D eigenvalue weighted by molar-refractivity contribution is 7.09. The lowest BCUT2D eigenvalue weighted by Gasteiger charge is -2.24. The van der Waals surface area contributed by atoms with Crippen LogP contribution in [-0.2, 0) is 11.2 Å². The van der Waals surface area contributed by atoms with Gasteiger partial charge in [0, 0.05) is 44.6 Å². The molecule has 0 amide bonds. The van der Waals surface area contributed by atoms with Crippen LogP contribution in [0.25, 0.3) is 0 Å². The molecule has 2 rings (SSSR count). The van der Waals surface area contributed by atoms with Gasteiger partial charge in [0.15, 0.2) is 5.96 Å². The Kier molecular flexibility index (Phi) is 5.66. The summed E-state index contributed by atoms with van der Waals surface area (Å²) in [6, 6.07) is 4.27. The van der Waals surface area contributed by atoms with Gasteiger partial charge >= 0.3 is 0 Å². The van der Waals surface area contributed by atoms with E-state index in [0.717, 1.165) is 45.1 Å². The van der Waals surface area contributed by atoms with Crippen molar-refractivity contribution in [1.82, 2.24) is 10.2 Å². The lowest BCUT2D eigenvalue weighted by Crippen LogP contribution is -2.42. The van der Waals surface area contributed by atoms with E-state index in [0.29, 0.717) is 5.92 Å². The molecule has 19 heavy (non-hydrogen) atoms. The Labute approximate surface area is 119 Å². The number of guanidine groups is 1. The maximum atomic E-state index is 5.42. The van der Waals surface area contributed by atoms with Gasteiger partial charge in [0.25, 0.3) is 0 Å².